The Bertz CT molecular complexity index is 1150. The number of aromatic nitrogens is 2. The van der Waals surface area contributed by atoms with E-state index in [1.807, 2.05) is 0 Å². The van der Waals surface area contributed by atoms with Gasteiger partial charge in [-0.1, -0.05) is 37.3 Å². The van der Waals surface area contributed by atoms with Gasteiger partial charge < -0.3 is 14.7 Å². The summed E-state index contributed by atoms with van der Waals surface area (Å²) < 4.78 is 8.30. The number of hydrogen-bond donors (Lipinski definition) is 1. The summed E-state index contributed by atoms with van der Waals surface area (Å²) in [4.78, 5) is 9.57. The molecular formula is C29H38N4O2. The fraction of sp³-hybridized carbons (Fsp3) is 0.483. The molecule has 1 N–H and O–H groups in total. The number of imidazole rings is 1. The highest BCUT2D eigenvalue weighted by molar-refractivity contribution is 5.69. The molecule has 5 rings (SSSR count). The zero-order valence-electron chi connectivity index (χ0n) is 21.3. The highest BCUT2D eigenvalue weighted by Crippen LogP contribution is 2.36. The van der Waals surface area contributed by atoms with E-state index in [1.165, 1.54) is 42.6 Å². The van der Waals surface area contributed by atoms with Crippen molar-refractivity contribution in [2.24, 2.45) is 0 Å². The zero-order chi connectivity index (χ0) is 24.4. The minimum Gasteiger partial charge on any atom is -0.483 e. The third-order valence-electron chi connectivity index (χ3n) is 7.61. The lowest BCUT2D eigenvalue weighted by Crippen LogP contribution is -2.37. The number of aliphatic hydroxyl groups excluding tert-OH is 1. The summed E-state index contributed by atoms with van der Waals surface area (Å²) in [7, 11) is 0. The SMILES string of the molecule is CCN(CCO)Cc1cn2c(n1)COc1cc(-c3cccc(C4CCN(C(C)C)CC4)c3)ccc1-2. The second-order valence-corrected chi connectivity index (χ2v) is 10.1. The summed E-state index contributed by atoms with van der Waals surface area (Å²) in [6.07, 6.45) is 4.57. The lowest BCUT2D eigenvalue weighted by atomic mass is 9.87. The molecule has 2 aliphatic heterocycles. The number of aliphatic hydroxyl groups is 1. The van der Waals surface area contributed by atoms with Gasteiger partial charge in [0.2, 0.25) is 0 Å². The standard InChI is InChI=1S/C29H38N4O2/c1-4-31(14-15-34)18-26-19-33-27-9-8-25(17-28(27)35-20-29(33)30-26)24-7-5-6-23(16-24)22-10-12-32(13-11-22)21(2)3/h5-9,16-17,19,21-22,34H,4,10-15,18,20H2,1-3H3. The predicted molar refractivity (Wildman–Crippen MR) is 140 cm³/mol. The lowest BCUT2D eigenvalue weighted by Gasteiger charge is -2.34. The number of nitrogens with zero attached hydrogens (tertiary/aromatic N) is 4. The van der Waals surface area contributed by atoms with Crippen LogP contribution >= 0.6 is 0 Å². The number of benzene rings is 2. The van der Waals surface area contributed by atoms with E-state index in [-0.39, 0.29) is 6.61 Å². The number of fused-ring (bicyclic) bond motifs is 3. The highest BCUT2D eigenvalue weighted by Gasteiger charge is 2.23. The van der Waals surface area contributed by atoms with Gasteiger partial charge in [-0.25, -0.2) is 4.98 Å². The molecule has 0 aliphatic carbocycles. The second-order valence-electron chi connectivity index (χ2n) is 10.1. The Hall–Kier alpha value is -2.67. The maximum absolute atomic E-state index is 9.29. The van der Waals surface area contributed by atoms with Gasteiger partial charge in [0.25, 0.3) is 0 Å². The summed E-state index contributed by atoms with van der Waals surface area (Å²) in [5.74, 6) is 2.46. The summed E-state index contributed by atoms with van der Waals surface area (Å²) in [6, 6.07) is 16.2. The molecule has 0 amide bonds. The van der Waals surface area contributed by atoms with Crippen LogP contribution in [0, 0.1) is 0 Å². The van der Waals surface area contributed by atoms with Crippen molar-refractivity contribution in [3.05, 3.63) is 65.7 Å². The average molecular weight is 475 g/mol. The van der Waals surface area contributed by atoms with E-state index in [1.54, 1.807) is 0 Å². The maximum atomic E-state index is 9.29. The summed E-state index contributed by atoms with van der Waals surface area (Å²) in [6.45, 7) is 12.0. The lowest BCUT2D eigenvalue weighted by molar-refractivity contribution is 0.172. The van der Waals surface area contributed by atoms with E-state index in [9.17, 15) is 5.11 Å². The quantitative estimate of drug-likeness (QED) is 0.507. The maximum Gasteiger partial charge on any atom is 0.151 e. The highest BCUT2D eigenvalue weighted by atomic mass is 16.5. The Morgan fingerprint density at radius 3 is 2.66 bits per heavy atom. The van der Waals surface area contributed by atoms with Crippen LogP contribution in [0.2, 0.25) is 0 Å². The summed E-state index contributed by atoms with van der Waals surface area (Å²) in [5.41, 5.74) is 5.94. The molecular weight excluding hydrogens is 436 g/mol. The third-order valence-corrected chi connectivity index (χ3v) is 7.61. The first-order chi connectivity index (χ1) is 17.1. The first-order valence-corrected chi connectivity index (χ1v) is 13.1. The van der Waals surface area contributed by atoms with Crippen molar-refractivity contribution < 1.29 is 9.84 Å². The molecule has 1 saturated heterocycles. The molecule has 0 unspecified atom stereocenters. The Kier molecular flexibility index (Phi) is 7.23. The third kappa shape index (κ3) is 5.15. The van der Waals surface area contributed by atoms with Crippen molar-refractivity contribution in [2.75, 3.05) is 32.8 Å². The van der Waals surface area contributed by atoms with Gasteiger partial charge in [-0.3, -0.25) is 9.47 Å². The second kappa shape index (κ2) is 10.5. The Balaban J connectivity index is 1.35. The van der Waals surface area contributed by atoms with Crippen LogP contribution in [0.25, 0.3) is 16.8 Å². The fourth-order valence-electron chi connectivity index (χ4n) is 5.45. The number of likely N-dealkylation sites (N-methyl/N-ethyl adjacent to an activating group) is 1. The average Bonchev–Trinajstić information content (AvgIpc) is 3.31. The van der Waals surface area contributed by atoms with Gasteiger partial charge in [0, 0.05) is 25.3 Å². The molecule has 2 aliphatic rings. The fourth-order valence-corrected chi connectivity index (χ4v) is 5.45. The van der Waals surface area contributed by atoms with Crippen molar-refractivity contribution >= 4 is 0 Å². The Morgan fingerprint density at radius 2 is 1.91 bits per heavy atom. The molecule has 3 aromatic rings. The van der Waals surface area contributed by atoms with Crippen molar-refractivity contribution in [3.63, 3.8) is 0 Å². The molecule has 6 heteroatoms. The van der Waals surface area contributed by atoms with E-state index in [4.69, 9.17) is 9.72 Å². The van der Waals surface area contributed by atoms with Crippen LogP contribution in [0.5, 0.6) is 5.75 Å². The zero-order valence-corrected chi connectivity index (χ0v) is 21.3. The van der Waals surface area contributed by atoms with Crippen molar-refractivity contribution in [3.8, 4) is 22.6 Å². The van der Waals surface area contributed by atoms with Gasteiger partial charge in [0.1, 0.15) is 12.4 Å². The van der Waals surface area contributed by atoms with E-state index in [0.29, 0.717) is 25.1 Å². The minimum absolute atomic E-state index is 0.161. The van der Waals surface area contributed by atoms with Crippen LogP contribution < -0.4 is 4.74 Å². The van der Waals surface area contributed by atoms with Crippen molar-refractivity contribution in [2.45, 2.75) is 58.7 Å². The first kappa shape index (κ1) is 24.0. The molecule has 186 valence electrons. The van der Waals surface area contributed by atoms with Crippen LogP contribution in [0.4, 0.5) is 0 Å². The molecule has 0 spiro atoms. The molecule has 3 heterocycles. The van der Waals surface area contributed by atoms with Gasteiger partial charge in [0.05, 0.1) is 18.0 Å². The molecule has 6 nitrogen and oxygen atoms in total. The molecule has 0 radical (unpaired) electrons. The number of hydrogen-bond acceptors (Lipinski definition) is 5. The summed E-state index contributed by atoms with van der Waals surface area (Å²) >= 11 is 0. The van der Waals surface area contributed by atoms with Crippen LogP contribution in [-0.2, 0) is 13.2 Å². The molecule has 0 saturated carbocycles. The molecule has 2 aromatic carbocycles. The van der Waals surface area contributed by atoms with Crippen molar-refractivity contribution in [1.82, 2.24) is 19.4 Å². The van der Waals surface area contributed by atoms with E-state index in [0.717, 1.165) is 36.0 Å². The number of rotatable bonds is 8. The van der Waals surface area contributed by atoms with E-state index in [2.05, 4.69) is 83.8 Å². The normalized spacial score (nSPS) is 16.4. The molecule has 0 bridgehead atoms. The number of piperidine rings is 1. The monoisotopic (exact) mass is 474 g/mol. The Labute approximate surface area is 209 Å². The van der Waals surface area contributed by atoms with Gasteiger partial charge in [-0.2, -0.15) is 0 Å². The largest absolute Gasteiger partial charge is 0.483 e. The van der Waals surface area contributed by atoms with Crippen LogP contribution in [0.15, 0.2) is 48.7 Å². The van der Waals surface area contributed by atoms with Gasteiger partial charge in [0.15, 0.2) is 5.82 Å². The number of likely N-dealkylation sites (tertiary alicyclic amines) is 1. The van der Waals surface area contributed by atoms with Gasteiger partial charge in [-0.15, -0.1) is 0 Å². The first-order valence-electron chi connectivity index (χ1n) is 13.1. The van der Waals surface area contributed by atoms with Gasteiger partial charge in [-0.05, 0) is 81.1 Å². The summed E-state index contributed by atoms with van der Waals surface area (Å²) in [5, 5.41) is 9.29. The number of ether oxygens (including phenoxy) is 1. The van der Waals surface area contributed by atoms with Crippen LogP contribution in [-0.4, -0.2) is 63.3 Å². The van der Waals surface area contributed by atoms with Crippen LogP contribution in [0.3, 0.4) is 0 Å². The molecule has 1 aromatic heterocycles. The van der Waals surface area contributed by atoms with Crippen LogP contribution in [0.1, 0.15) is 56.6 Å². The van der Waals surface area contributed by atoms with Crippen molar-refractivity contribution in [1.29, 1.82) is 0 Å². The van der Waals surface area contributed by atoms with Gasteiger partial charge >= 0.3 is 0 Å². The van der Waals surface area contributed by atoms with E-state index < -0.39 is 0 Å². The molecule has 0 atom stereocenters. The minimum atomic E-state index is 0.161. The topological polar surface area (TPSA) is 53.8 Å². The smallest absolute Gasteiger partial charge is 0.151 e. The van der Waals surface area contributed by atoms with E-state index >= 15 is 0 Å². The molecule has 1 fully saturated rings. The predicted octanol–water partition coefficient (Wildman–Crippen LogP) is 4.83. The molecule has 35 heavy (non-hydrogen) atoms. The Morgan fingerprint density at radius 1 is 1.11 bits per heavy atom.